The monoisotopic (exact) mass is 405 g/mol. The minimum absolute atomic E-state index is 0.208. The quantitative estimate of drug-likeness (QED) is 0.298. The smallest absolute Gasteiger partial charge is 0.259 e. The standard InChI is InChI=1S/C25H15N3O3/c1-11-10-16-27-14-8-4-2-6-12(14)17-19-20(24(30)26-23(19)29)18-13-7-3-5-9-15(13)28(25(11)31-16)22(18)21(17)27/h2-9,16,25H,1,10H2,(H,26,29,30)/t16-,25+/m0/s1. The molecule has 0 saturated carbocycles. The largest absolute Gasteiger partial charge is 0.330 e. The van der Waals surface area contributed by atoms with Crippen LogP contribution in [0.2, 0.25) is 0 Å². The third-order valence-electron chi connectivity index (χ3n) is 7.07. The number of nitrogens with one attached hydrogen (secondary N) is 1. The highest BCUT2D eigenvalue weighted by atomic mass is 16.5. The molecule has 2 amide bonds. The molecule has 2 atom stereocenters. The Balaban J connectivity index is 1.82. The number of carbonyl (C=O) groups is 2. The first-order chi connectivity index (χ1) is 15.1. The Morgan fingerprint density at radius 2 is 1.39 bits per heavy atom. The summed E-state index contributed by atoms with van der Waals surface area (Å²) in [6.07, 6.45) is 0.182. The lowest BCUT2D eigenvalue weighted by Crippen LogP contribution is -2.20. The predicted octanol–water partition coefficient (Wildman–Crippen LogP) is 4.77. The van der Waals surface area contributed by atoms with E-state index in [1.807, 2.05) is 42.5 Å². The van der Waals surface area contributed by atoms with Gasteiger partial charge >= 0.3 is 0 Å². The number of rotatable bonds is 0. The number of para-hydroxylation sites is 2. The first kappa shape index (κ1) is 15.9. The van der Waals surface area contributed by atoms with E-state index in [4.69, 9.17) is 4.74 Å². The first-order valence-corrected chi connectivity index (χ1v) is 10.3. The van der Waals surface area contributed by atoms with E-state index in [2.05, 4.69) is 27.1 Å². The summed E-state index contributed by atoms with van der Waals surface area (Å²) in [5.41, 5.74) is 5.81. The van der Waals surface area contributed by atoms with Gasteiger partial charge in [-0.15, -0.1) is 0 Å². The van der Waals surface area contributed by atoms with Crippen LogP contribution in [-0.2, 0) is 4.74 Å². The van der Waals surface area contributed by atoms with E-state index in [-0.39, 0.29) is 24.3 Å². The average molecular weight is 405 g/mol. The Bertz CT molecular complexity index is 1740. The Morgan fingerprint density at radius 1 is 0.839 bits per heavy atom. The van der Waals surface area contributed by atoms with Crippen LogP contribution < -0.4 is 5.32 Å². The zero-order valence-electron chi connectivity index (χ0n) is 16.3. The molecule has 31 heavy (non-hydrogen) atoms. The van der Waals surface area contributed by atoms with E-state index in [0.29, 0.717) is 17.5 Å². The third kappa shape index (κ3) is 1.58. The van der Waals surface area contributed by atoms with Crippen molar-refractivity contribution in [2.24, 2.45) is 0 Å². The molecule has 148 valence electrons. The minimum atomic E-state index is -0.337. The highest BCUT2D eigenvalue weighted by molar-refractivity contribution is 6.39. The maximum atomic E-state index is 13.1. The van der Waals surface area contributed by atoms with Crippen molar-refractivity contribution in [2.75, 3.05) is 0 Å². The molecular formula is C25H15N3O3. The van der Waals surface area contributed by atoms with E-state index in [1.165, 1.54) is 0 Å². The molecule has 1 saturated heterocycles. The molecule has 0 unspecified atom stereocenters. The summed E-state index contributed by atoms with van der Waals surface area (Å²) in [4.78, 5) is 26.1. The molecule has 1 fully saturated rings. The van der Waals surface area contributed by atoms with Crippen LogP contribution in [0.3, 0.4) is 0 Å². The zero-order valence-corrected chi connectivity index (χ0v) is 16.3. The maximum absolute atomic E-state index is 13.1. The van der Waals surface area contributed by atoms with Crippen molar-refractivity contribution in [1.29, 1.82) is 0 Å². The van der Waals surface area contributed by atoms with Crippen molar-refractivity contribution in [3.63, 3.8) is 0 Å². The van der Waals surface area contributed by atoms with Crippen molar-refractivity contribution in [2.45, 2.75) is 18.9 Å². The number of carbonyl (C=O) groups excluding carboxylic acids is 2. The van der Waals surface area contributed by atoms with E-state index in [9.17, 15) is 9.59 Å². The van der Waals surface area contributed by atoms with Crippen molar-refractivity contribution in [3.05, 3.63) is 71.8 Å². The normalized spacial score (nSPS) is 21.7. The van der Waals surface area contributed by atoms with Gasteiger partial charge in [-0.25, -0.2) is 0 Å². The van der Waals surface area contributed by atoms with Gasteiger partial charge in [0.2, 0.25) is 0 Å². The van der Waals surface area contributed by atoms with E-state index in [0.717, 1.165) is 49.2 Å². The minimum Gasteiger partial charge on any atom is -0.330 e. The highest BCUT2D eigenvalue weighted by Gasteiger charge is 2.43. The van der Waals surface area contributed by atoms with Crippen LogP contribution in [-0.4, -0.2) is 20.9 Å². The zero-order chi connectivity index (χ0) is 20.6. The Labute approximate surface area is 175 Å². The molecule has 5 heterocycles. The number of aromatic nitrogens is 2. The fraction of sp³-hybridized carbons (Fsp3) is 0.120. The predicted molar refractivity (Wildman–Crippen MR) is 117 cm³/mol. The van der Waals surface area contributed by atoms with Crippen LogP contribution in [0.25, 0.3) is 43.6 Å². The molecule has 3 aromatic carbocycles. The van der Waals surface area contributed by atoms with Crippen molar-refractivity contribution >= 4 is 55.4 Å². The Kier molecular flexibility index (Phi) is 2.49. The third-order valence-corrected chi connectivity index (χ3v) is 7.07. The van der Waals surface area contributed by atoms with Crippen molar-refractivity contribution in [3.8, 4) is 0 Å². The number of fused-ring (bicyclic) bond motifs is 13. The molecular weight excluding hydrogens is 390 g/mol. The molecule has 2 aromatic heterocycles. The van der Waals surface area contributed by atoms with Crippen LogP contribution in [0.1, 0.15) is 39.6 Å². The molecule has 0 spiro atoms. The molecule has 6 heteroatoms. The molecule has 1 N–H and O–H groups in total. The number of hydrogen-bond donors (Lipinski definition) is 1. The summed E-state index contributed by atoms with van der Waals surface area (Å²) >= 11 is 0. The molecule has 2 bridgehead atoms. The number of hydrogen-bond acceptors (Lipinski definition) is 3. The average Bonchev–Trinajstić information content (AvgIpc) is 3.45. The number of ether oxygens (including phenoxy) is 1. The lowest BCUT2D eigenvalue weighted by Gasteiger charge is -2.16. The molecule has 5 aromatic rings. The topological polar surface area (TPSA) is 65.3 Å². The van der Waals surface area contributed by atoms with Gasteiger partial charge in [-0.2, -0.15) is 0 Å². The lowest BCUT2D eigenvalue weighted by molar-refractivity contribution is -0.0153. The van der Waals surface area contributed by atoms with Gasteiger partial charge < -0.3 is 13.9 Å². The summed E-state index contributed by atoms with van der Waals surface area (Å²) in [6, 6.07) is 16.1. The van der Waals surface area contributed by atoms with Gasteiger partial charge in [-0.3, -0.25) is 14.9 Å². The SMILES string of the molecule is C=C1C[C@@H]2O[C@H]1n1c3ccccc3c3c4c(c5c6ccccc6n2c5c31)C(=O)NC4=O. The number of imide groups is 1. The van der Waals surface area contributed by atoms with Crippen molar-refractivity contribution in [1.82, 2.24) is 14.5 Å². The Morgan fingerprint density at radius 3 is 2.03 bits per heavy atom. The summed E-state index contributed by atoms with van der Waals surface area (Å²) in [5, 5.41) is 6.09. The maximum Gasteiger partial charge on any atom is 0.259 e. The fourth-order valence-corrected chi connectivity index (χ4v) is 5.99. The van der Waals surface area contributed by atoms with Crippen molar-refractivity contribution < 1.29 is 14.3 Å². The first-order valence-electron chi connectivity index (χ1n) is 10.3. The molecule has 8 rings (SSSR count). The number of nitrogens with zero attached hydrogens (tertiary/aromatic N) is 2. The molecule has 3 aliphatic rings. The van der Waals surface area contributed by atoms with Gasteiger partial charge in [0.1, 0.15) is 6.23 Å². The lowest BCUT2D eigenvalue weighted by atomic mass is 9.96. The van der Waals surface area contributed by atoms with E-state index < -0.39 is 0 Å². The molecule has 6 nitrogen and oxygen atoms in total. The summed E-state index contributed by atoms with van der Waals surface area (Å²) in [5.74, 6) is -0.669. The molecule has 0 aliphatic carbocycles. The fourth-order valence-electron chi connectivity index (χ4n) is 5.99. The van der Waals surface area contributed by atoms with E-state index in [1.54, 1.807) is 0 Å². The van der Waals surface area contributed by atoms with Gasteiger partial charge in [0, 0.05) is 28.0 Å². The number of amides is 2. The van der Waals surface area contributed by atoms with Crippen LogP contribution in [0.5, 0.6) is 0 Å². The molecule has 3 aliphatic heterocycles. The summed E-state index contributed by atoms with van der Waals surface area (Å²) in [6.45, 7) is 4.32. The van der Waals surface area contributed by atoms with Gasteiger partial charge in [-0.05, 0) is 17.7 Å². The highest BCUT2D eigenvalue weighted by Crippen LogP contribution is 2.53. The second-order valence-electron chi connectivity index (χ2n) is 8.56. The van der Waals surface area contributed by atoms with Gasteiger partial charge in [0.15, 0.2) is 6.23 Å². The number of benzene rings is 3. The Hall–Kier alpha value is -3.90. The van der Waals surface area contributed by atoms with Gasteiger partial charge in [-0.1, -0.05) is 43.0 Å². The van der Waals surface area contributed by atoms with E-state index >= 15 is 0 Å². The van der Waals surface area contributed by atoms with Crippen LogP contribution in [0.15, 0.2) is 60.7 Å². The molecule has 0 radical (unpaired) electrons. The second-order valence-corrected chi connectivity index (χ2v) is 8.56. The van der Waals surface area contributed by atoms with Crippen LogP contribution in [0, 0.1) is 0 Å². The van der Waals surface area contributed by atoms with Gasteiger partial charge in [0.25, 0.3) is 11.8 Å². The van der Waals surface area contributed by atoms with Gasteiger partial charge in [0.05, 0.1) is 33.2 Å². The summed E-state index contributed by atoms with van der Waals surface area (Å²) < 4.78 is 10.9. The van der Waals surface area contributed by atoms with Crippen LogP contribution in [0.4, 0.5) is 0 Å². The second kappa shape index (κ2) is 4.87. The van der Waals surface area contributed by atoms with Crippen LogP contribution >= 0.6 is 0 Å². The summed E-state index contributed by atoms with van der Waals surface area (Å²) in [7, 11) is 0.